The van der Waals surface area contributed by atoms with Crippen molar-refractivity contribution in [2.75, 3.05) is 5.75 Å². The van der Waals surface area contributed by atoms with Crippen molar-refractivity contribution in [3.05, 3.63) is 48.3 Å². The van der Waals surface area contributed by atoms with Gasteiger partial charge in [0.1, 0.15) is 0 Å². The first kappa shape index (κ1) is 12.2. The van der Waals surface area contributed by atoms with Crippen LogP contribution in [0.1, 0.15) is 10.5 Å². The molecule has 3 heterocycles. The molecule has 0 bridgehead atoms. The third-order valence-electron chi connectivity index (χ3n) is 3.23. The van der Waals surface area contributed by atoms with Crippen LogP contribution in [0.25, 0.3) is 16.8 Å². The Hall–Kier alpha value is -2.54. The molecule has 0 aliphatic carbocycles. The van der Waals surface area contributed by atoms with Crippen LogP contribution in [0, 0.1) is 0 Å². The first-order chi connectivity index (χ1) is 10.3. The lowest BCUT2D eigenvalue weighted by Crippen LogP contribution is -2.03. The number of carbonyl (C=O) groups excluding carboxylic acids is 1. The molecule has 0 atom stereocenters. The molecule has 0 aliphatic rings. The van der Waals surface area contributed by atoms with Gasteiger partial charge in [0, 0.05) is 6.20 Å². The zero-order chi connectivity index (χ0) is 14.2. The van der Waals surface area contributed by atoms with E-state index in [0.29, 0.717) is 17.2 Å². The van der Waals surface area contributed by atoms with Crippen molar-refractivity contribution < 1.29 is 4.79 Å². The van der Waals surface area contributed by atoms with Crippen LogP contribution in [0.15, 0.2) is 47.8 Å². The Morgan fingerprint density at radius 1 is 1.24 bits per heavy atom. The number of thioether (sulfide) groups is 1. The minimum atomic E-state index is 0.0468. The molecule has 21 heavy (non-hydrogen) atoms. The zero-order valence-corrected chi connectivity index (χ0v) is 11.7. The van der Waals surface area contributed by atoms with Crippen LogP contribution in [0.4, 0.5) is 0 Å². The second-order valence-corrected chi connectivity index (χ2v) is 5.50. The standard InChI is InChI=1S/C14H11N5OS/c20-12(10-5-3-7-15-10)8-21-14-18-17-13-16-9-4-1-2-6-11(9)19(13)14/h1-7,15H,8H2,(H,16,17). The van der Waals surface area contributed by atoms with Crippen molar-refractivity contribution in [2.45, 2.75) is 5.16 Å². The van der Waals surface area contributed by atoms with Gasteiger partial charge in [-0.2, -0.15) is 0 Å². The van der Waals surface area contributed by atoms with Crippen molar-refractivity contribution in [1.82, 2.24) is 24.6 Å². The number of nitrogens with zero attached hydrogens (tertiary/aromatic N) is 3. The lowest BCUT2D eigenvalue weighted by Gasteiger charge is -1.98. The van der Waals surface area contributed by atoms with Crippen LogP contribution in [0.5, 0.6) is 0 Å². The number of aromatic amines is 2. The Kier molecular flexibility index (Phi) is 2.78. The lowest BCUT2D eigenvalue weighted by atomic mass is 10.3. The number of rotatable bonds is 4. The molecule has 0 aliphatic heterocycles. The minimum absolute atomic E-state index is 0.0468. The Balaban J connectivity index is 1.66. The van der Waals surface area contributed by atoms with Gasteiger partial charge in [0.2, 0.25) is 5.78 Å². The molecule has 2 N–H and O–H groups in total. The second-order valence-electron chi connectivity index (χ2n) is 4.56. The predicted octanol–water partition coefficient (Wildman–Crippen LogP) is 2.51. The van der Waals surface area contributed by atoms with Gasteiger partial charge in [-0.15, -0.1) is 5.10 Å². The number of Topliss-reactive ketones (excluding diaryl/α,β-unsaturated/α-hetero) is 1. The van der Waals surface area contributed by atoms with Crippen LogP contribution in [0.3, 0.4) is 0 Å². The normalized spacial score (nSPS) is 11.4. The molecule has 0 unspecified atom stereocenters. The molecule has 0 saturated carbocycles. The van der Waals surface area contributed by atoms with E-state index in [0.717, 1.165) is 16.2 Å². The number of aromatic nitrogens is 5. The summed E-state index contributed by atoms with van der Waals surface area (Å²) in [7, 11) is 0. The minimum Gasteiger partial charge on any atom is -0.359 e. The molecule has 0 fully saturated rings. The number of benzene rings is 1. The molecule has 1 aromatic carbocycles. The number of ketones is 1. The molecule has 0 amide bonds. The van der Waals surface area contributed by atoms with E-state index in [1.807, 2.05) is 34.7 Å². The summed E-state index contributed by atoms with van der Waals surface area (Å²) in [6.07, 6.45) is 1.74. The van der Waals surface area contributed by atoms with Gasteiger partial charge in [-0.05, 0) is 24.3 Å². The summed E-state index contributed by atoms with van der Waals surface area (Å²) in [4.78, 5) is 19.4. The highest BCUT2D eigenvalue weighted by Gasteiger charge is 2.14. The first-order valence-electron chi connectivity index (χ1n) is 6.44. The van der Waals surface area contributed by atoms with Crippen molar-refractivity contribution in [3.8, 4) is 0 Å². The highest BCUT2D eigenvalue weighted by molar-refractivity contribution is 7.99. The smallest absolute Gasteiger partial charge is 0.231 e. The molecule has 104 valence electrons. The van der Waals surface area contributed by atoms with E-state index in [-0.39, 0.29) is 5.78 Å². The maximum atomic E-state index is 12.0. The zero-order valence-electron chi connectivity index (χ0n) is 10.9. The topological polar surface area (TPSA) is 78.8 Å². The van der Waals surface area contributed by atoms with E-state index >= 15 is 0 Å². The van der Waals surface area contributed by atoms with Crippen molar-refractivity contribution in [1.29, 1.82) is 0 Å². The van der Waals surface area contributed by atoms with Gasteiger partial charge in [0.15, 0.2) is 10.9 Å². The Morgan fingerprint density at radius 3 is 3.00 bits per heavy atom. The molecule has 3 aromatic heterocycles. The highest BCUT2D eigenvalue weighted by atomic mass is 32.2. The van der Waals surface area contributed by atoms with E-state index in [9.17, 15) is 4.79 Å². The summed E-state index contributed by atoms with van der Waals surface area (Å²) in [6, 6.07) is 11.4. The van der Waals surface area contributed by atoms with E-state index in [4.69, 9.17) is 0 Å². The Morgan fingerprint density at radius 2 is 2.14 bits per heavy atom. The Bertz CT molecular complexity index is 921. The third-order valence-corrected chi connectivity index (χ3v) is 4.17. The van der Waals surface area contributed by atoms with Crippen LogP contribution in [0.2, 0.25) is 0 Å². The summed E-state index contributed by atoms with van der Waals surface area (Å²) in [5, 5.41) is 7.87. The van der Waals surface area contributed by atoms with Crippen LogP contribution in [-0.4, -0.2) is 36.1 Å². The third kappa shape index (κ3) is 2.02. The molecular formula is C14H11N5OS. The number of hydrogen-bond donors (Lipinski definition) is 2. The fourth-order valence-electron chi connectivity index (χ4n) is 2.25. The van der Waals surface area contributed by atoms with Gasteiger partial charge in [-0.1, -0.05) is 23.9 Å². The molecule has 6 nitrogen and oxygen atoms in total. The van der Waals surface area contributed by atoms with Gasteiger partial charge in [0.25, 0.3) is 0 Å². The van der Waals surface area contributed by atoms with E-state index in [1.54, 1.807) is 12.3 Å². The van der Waals surface area contributed by atoms with Gasteiger partial charge < -0.3 is 4.98 Å². The van der Waals surface area contributed by atoms with Crippen LogP contribution in [-0.2, 0) is 0 Å². The summed E-state index contributed by atoms with van der Waals surface area (Å²) in [5.41, 5.74) is 2.50. The van der Waals surface area contributed by atoms with Gasteiger partial charge in [0.05, 0.1) is 22.5 Å². The van der Waals surface area contributed by atoms with E-state index in [1.165, 1.54) is 11.8 Å². The fourth-order valence-corrected chi connectivity index (χ4v) is 3.09. The van der Waals surface area contributed by atoms with Gasteiger partial charge in [-0.25, -0.2) is 10.1 Å². The van der Waals surface area contributed by atoms with Crippen LogP contribution < -0.4 is 0 Å². The fraction of sp³-hybridized carbons (Fsp3) is 0.0714. The summed E-state index contributed by atoms with van der Waals surface area (Å²) in [6.45, 7) is 0. The van der Waals surface area contributed by atoms with Crippen molar-refractivity contribution in [2.24, 2.45) is 0 Å². The second kappa shape index (κ2) is 4.78. The number of imidazole rings is 1. The molecule has 0 spiro atoms. The molecule has 4 aromatic rings. The number of fused-ring (bicyclic) bond motifs is 3. The Labute approximate surface area is 123 Å². The quantitative estimate of drug-likeness (QED) is 0.448. The number of H-pyrrole nitrogens is 2. The molecule has 0 saturated heterocycles. The maximum Gasteiger partial charge on any atom is 0.231 e. The maximum absolute atomic E-state index is 12.0. The number of hydrogen-bond acceptors (Lipinski definition) is 4. The van der Waals surface area contributed by atoms with Gasteiger partial charge in [-0.3, -0.25) is 9.20 Å². The monoisotopic (exact) mass is 297 g/mol. The SMILES string of the molecule is O=C(CSc1n[nH]c2nc3ccccc3n12)c1ccc[nH]1. The first-order valence-corrected chi connectivity index (χ1v) is 7.42. The number of para-hydroxylation sites is 2. The number of carbonyl (C=O) groups is 1. The molecule has 4 rings (SSSR count). The largest absolute Gasteiger partial charge is 0.359 e. The average molecular weight is 297 g/mol. The molecule has 0 radical (unpaired) electrons. The highest BCUT2D eigenvalue weighted by Crippen LogP contribution is 2.23. The van der Waals surface area contributed by atoms with E-state index in [2.05, 4.69) is 20.2 Å². The summed E-state index contributed by atoms with van der Waals surface area (Å²) >= 11 is 1.39. The molecular weight excluding hydrogens is 286 g/mol. The number of nitrogens with one attached hydrogen (secondary N) is 2. The van der Waals surface area contributed by atoms with Crippen molar-refractivity contribution in [3.63, 3.8) is 0 Å². The lowest BCUT2D eigenvalue weighted by molar-refractivity contribution is 0.101. The summed E-state index contributed by atoms with van der Waals surface area (Å²) in [5.74, 6) is 1.06. The summed E-state index contributed by atoms with van der Waals surface area (Å²) < 4.78 is 1.93. The predicted molar refractivity (Wildman–Crippen MR) is 80.7 cm³/mol. The molecule has 7 heteroatoms. The average Bonchev–Trinajstić information content (AvgIpc) is 3.21. The van der Waals surface area contributed by atoms with Crippen LogP contribution >= 0.6 is 11.8 Å². The van der Waals surface area contributed by atoms with Crippen molar-refractivity contribution >= 4 is 34.4 Å². The van der Waals surface area contributed by atoms with Gasteiger partial charge >= 0.3 is 0 Å². The van der Waals surface area contributed by atoms with E-state index < -0.39 is 0 Å².